The van der Waals surface area contributed by atoms with Crippen LogP contribution in [0.25, 0.3) is 22.2 Å². The van der Waals surface area contributed by atoms with Crippen LogP contribution in [0.2, 0.25) is 0 Å². The van der Waals surface area contributed by atoms with E-state index in [9.17, 15) is 4.79 Å². The second-order valence-electron chi connectivity index (χ2n) is 10.3. The van der Waals surface area contributed by atoms with Gasteiger partial charge in [-0.25, -0.2) is 17.8 Å². The summed E-state index contributed by atoms with van der Waals surface area (Å²) in [6, 6.07) is 3.14. The van der Waals surface area contributed by atoms with E-state index in [1.807, 2.05) is 13.8 Å². The number of ether oxygens (including phenoxy) is 2. The number of carbonyl (C=O) groups is 1. The Balaban J connectivity index is 1.32. The van der Waals surface area contributed by atoms with Crippen molar-refractivity contribution in [1.29, 1.82) is 0 Å². The van der Waals surface area contributed by atoms with Crippen LogP contribution in [0.15, 0.2) is 30.7 Å². The highest BCUT2D eigenvalue weighted by Crippen LogP contribution is 2.35. The Morgan fingerprint density at radius 1 is 1.28 bits per heavy atom. The lowest BCUT2D eigenvalue weighted by Gasteiger charge is -2.42. The minimum absolute atomic E-state index is 0.0507. The minimum Gasteiger partial charge on any atom is -0.479 e. The number of nitrogens with one attached hydrogen (secondary N) is 2. The number of rotatable bonds is 7. The van der Waals surface area contributed by atoms with Gasteiger partial charge in [-0.2, -0.15) is 10.1 Å². The van der Waals surface area contributed by atoms with Crippen LogP contribution >= 0.6 is 0 Å². The molecule has 2 saturated heterocycles. The molecule has 2 fully saturated rings. The summed E-state index contributed by atoms with van der Waals surface area (Å²) in [5.74, 6) is -0.532. The molecule has 0 saturated carbocycles. The summed E-state index contributed by atoms with van der Waals surface area (Å²) in [6.07, 6.45) is 3.83. The normalized spacial score (nSPS) is 20.5. The summed E-state index contributed by atoms with van der Waals surface area (Å²) in [5, 5.41) is 14.6. The Bertz CT molecular complexity index is 1530. The average molecular weight is 541 g/mol. The first-order chi connectivity index (χ1) is 18.8. The lowest BCUT2D eigenvalue weighted by molar-refractivity contribution is -0.0794. The van der Waals surface area contributed by atoms with Gasteiger partial charge < -0.3 is 20.1 Å². The van der Waals surface area contributed by atoms with Gasteiger partial charge >= 0.3 is 0 Å². The molecule has 13 heteroatoms. The molecule has 0 aliphatic carbocycles. The van der Waals surface area contributed by atoms with E-state index in [-0.39, 0.29) is 35.4 Å². The SMILES string of the molecule is COc1nc(N[C@H]2CCN(C3COC3)C[C@H]2F)nn2cc(F)c(-c3ccn4ncc(C(=O)NC(C)C)c4c3)c12. The van der Waals surface area contributed by atoms with Crippen LogP contribution in [0.3, 0.4) is 0 Å². The van der Waals surface area contributed by atoms with Gasteiger partial charge in [0.1, 0.15) is 11.7 Å². The van der Waals surface area contributed by atoms with Crippen LogP contribution in [-0.2, 0) is 4.74 Å². The fourth-order valence-corrected chi connectivity index (χ4v) is 5.17. The predicted molar refractivity (Wildman–Crippen MR) is 139 cm³/mol. The first-order valence-corrected chi connectivity index (χ1v) is 13.0. The zero-order valence-corrected chi connectivity index (χ0v) is 21.9. The highest BCUT2D eigenvalue weighted by molar-refractivity contribution is 6.01. The topological polar surface area (TPSA) is 110 Å². The van der Waals surface area contributed by atoms with Gasteiger partial charge in [-0.1, -0.05) is 0 Å². The Morgan fingerprint density at radius 2 is 2.10 bits per heavy atom. The van der Waals surface area contributed by atoms with Gasteiger partial charge in [-0.15, -0.1) is 5.10 Å². The molecule has 206 valence electrons. The molecule has 2 N–H and O–H groups in total. The van der Waals surface area contributed by atoms with Gasteiger partial charge in [0, 0.05) is 25.3 Å². The molecule has 6 rings (SSSR count). The minimum atomic E-state index is -1.12. The van der Waals surface area contributed by atoms with E-state index in [0.29, 0.717) is 48.3 Å². The summed E-state index contributed by atoms with van der Waals surface area (Å²) in [6.45, 7) is 6.07. The highest BCUT2D eigenvalue weighted by Gasteiger charge is 2.36. The Labute approximate surface area is 223 Å². The molecule has 39 heavy (non-hydrogen) atoms. The van der Waals surface area contributed by atoms with Crippen LogP contribution < -0.4 is 15.4 Å². The lowest BCUT2D eigenvalue weighted by Crippen LogP contribution is -2.57. The standard InChI is InChI=1S/C26H30F2N8O3/c1-14(2)30-24(37)17-9-29-35-7-4-15(8-21(17)35)22-19(28)11-36-23(22)25(38-3)32-26(33-36)31-20-5-6-34(10-18(20)27)16-12-39-13-16/h4,7-9,11,14,16,18,20H,5-6,10,12-13H2,1-3H3,(H,30,37)(H,31,33)/t18-,20+/m1/s1. The van der Waals surface area contributed by atoms with Gasteiger partial charge in [0.2, 0.25) is 11.8 Å². The van der Waals surface area contributed by atoms with Gasteiger partial charge in [-0.05, 0) is 38.0 Å². The van der Waals surface area contributed by atoms with Crippen LogP contribution in [0.4, 0.5) is 14.7 Å². The summed E-state index contributed by atoms with van der Waals surface area (Å²) >= 11 is 0. The summed E-state index contributed by atoms with van der Waals surface area (Å²) in [7, 11) is 1.44. The van der Waals surface area contributed by atoms with Crippen molar-refractivity contribution < 1.29 is 23.0 Å². The first kappa shape index (κ1) is 25.4. The van der Waals surface area contributed by atoms with Crippen molar-refractivity contribution in [3.05, 3.63) is 42.1 Å². The van der Waals surface area contributed by atoms with E-state index in [1.165, 1.54) is 24.0 Å². The van der Waals surface area contributed by atoms with E-state index in [0.717, 1.165) is 6.54 Å². The zero-order valence-electron chi connectivity index (χ0n) is 21.9. The Hall–Kier alpha value is -3.84. The molecule has 0 bridgehead atoms. The van der Waals surface area contributed by atoms with E-state index in [1.54, 1.807) is 22.8 Å². The van der Waals surface area contributed by atoms with Crippen molar-refractivity contribution in [1.82, 2.24) is 34.4 Å². The molecule has 0 radical (unpaired) electrons. The van der Waals surface area contributed by atoms with Crippen molar-refractivity contribution in [3.8, 4) is 17.0 Å². The summed E-state index contributed by atoms with van der Waals surface area (Å²) < 4.78 is 44.1. The summed E-state index contributed by atoms with van der Waals surface area (Å²) in [5.41, 5.74) is 1.93. The fraction of sp³-hybridized carbons (Fsp3) is 0.462. The molecule has 4 aromatic heterocycles. The van der Waals surface area contributed by atoms with Crippen molar-refractivity contribution in [2.45, 2.75) is 44.6 Å². The quantitative estimate of drug-likeness (QED) is 0.368. The number of pyridine rings is 1. The largest absolute Gasteiger partial charge is 0.479 e. The van der Waals surface area contributed by atoms with Crippen LogP contribution in [0.5, 0.6) is 5.88 Å². The number of methoxy groups -OCH3 is 1. The fourth-order valence-electron chi connectivity index (χ4n) is 5.17. The first-order valence-electron chi connectivity index (χ1n) is 13.0. The number of likely N-dealkylation sites (tertiary alicyclic amines) is 1. The van der Waals surface area contributed by atoms with Gasteiger partial charge in [0.15, 0.2) is 5.82 Å². The molecular weight excluding hydrogens is 510 g/mol. The number of nitrogens with zero attached hydrogens (tertiary/aromatic N) is 6. The number of hydrogen-bond donors (Lipinski definition) is 2. The third-order valence-electron chi connectivity index (χ3n) is 7.24. The Kier molecular flexibility index (Phi) is 6.55. The number of aromatic nitrogens is 5. The maximum atomic E-state index is 15.4. The molecule has 0 aromatic carbocycles. The van der Waals surface area contributed by atoms with Crippen LogP contribution in [0.1, 0.15) is 30.6 Å². The molecule has 1 amide bonds. The maximum Gasteiger partial charge on any atom is 0.255 e. The average Bonchev–Trinajstić information content (AvgIpc) is 3.43. The van der Waals surface area contributed by atoms with E-state index in [4.69, 9.17) is 9.47 Å². The smallest absolute Gasteiger partial charge is 0.255 e. The van der Waals surface area contributed by atoms with Crippen molar-refractivity contribution in [2.75, 3.05) is 38.7 Å². The highest BCUT2D eigenvalue weighted by atomic mass is 19.1. The molecule has 2 aliphatic rings. The Morgan fingerprint density at radius 3 is 2.79 bits per heavy atom. The maximum absolute atomic E-state index is 15.4. The van der Waals surface area contributed by atoms with Gasteiger partial charge in [-0.3, -0.25) is 9.69 Å². The lowest BCUT2D eigenvalue weighted by atomic mass is 10.0. The zero-order chi connectivity index (χ0) is 27.3. The number of anilines is 1. The van der Waals surface area contributed by atoms with Crippen LogP contribution in [0, 0.1) is 5.82 Å². The predicted octanol–water partition coefficient (Wildman–Crippen LogP) is 2.55. The second-order valence-corrected chi connectivity index (χ2v) is 10.3. The van der Waals surface area contributed by atoms with Crippen LogP contribution in [-0.4, -0.2) is 92.7 Å². The molecule has 4 aromatic rings. The third-order valence-corrected chi connectivity index (χ3v) is 7.24. The van der Waals surface area contributed by atoms with Crippen molar-refractivity contribution in [3.63, 3.8) is 0 Å². The number of halogens is 2. The molecule has 6 heterocycles. The molecule has 2 aliphatic heterocycles. The number of fused-ring (bicyclic) bond motifs is 2. The second kappa shape index (κ2) is 10.0. The van der Waals surface area contributed by atoms with E-state index in [2.05, 4.69) is 30.7 Å². The summed E-state index contributed by atoms with van der Waals surface area (Å²) in [4.78, 5) is 19.2. The monoisotopic (exact) mass is 540 g/mol. The molecule has 0 spiro atoms. The molecule has 11 nitrogen and oxygen atoms in total. The molecular formula is C26H30F2N8O3. The number of alkyl halides is 1. The van der Waals surface area contributed by atoms with E-state index < -0.39 is 18.0 Å². The number of amides is 1. The molecule has 2 atom stereocenters. The number of piperidine rings is 1. The molecule has 0 unspecified atom stereocenters. The van der Waals surface area contributed by atoms with E-state index >= 15 is 8.78 Å². The third kappa shape index (κ3) is 4.65. The van der Waals surface area contributed by atoms with Gasteiger partial charge in [0.25, 0.3) is 5.91 Å². The van der Waals surface area contributed by atoms with Crippen molar-refractivity contribution in [2.24, 2.45) is 0 Å². The van der Waals surface area contributed by atoms with Gasteiger partial charge in [0.05, 0.1) is 61.4 Å². The number of carbonyl (C=O) groups excluding carboxylic acids is 1. The number of hydrogen-bond acceptors (Lipinski definition) is 8. The van der Waals surface area contributed by atoms with Crippen molar-refractivity contribution >= 4 is 22.9 Å².